The second kappa shape index (κ2) is 6.67. The molecule has 0 bridgehead atoms. The summed E-state index contributed by atoms with van der Waals surface area (Å²) < 4.78 is 27.8. The Bertz CT molecular complexity index is 808. The van der Waals surface area contributed by atoms with Crippen molar-refractivity contribution in [3.8, 4) is 0 Å². The molecule has 2 aromatic rings. The maximum atomic E-state index is 12.5. The molecule has 0 amide bonds. The summed E-state index contributed by atoms with van der Waals surface area (Å²) in [5.74, 6) is 1.16. The molecule has 2 aromatic heterocycles. The topological polar surface area (TPSA) is 104 Å². The van der Waals surface area contributed by atoms with Crippen molar-refractivity contribution in [3.05, 3.63) is 23.1 Å². The SMILES string of the molecule is Cc1nc(Nc2nncs2)cc([C@H]2CCCN2S(=O)(=O)N(C)C)n1. The molecule has 24 heavy (non-hydrogen) atoms. The quantitative estimate of drug-likeness (QED) is 0.847. The first-order valence-corrected chi connectivity index (χ1v) is 9.73. The fourth-order valence-electron chi connectivity index (χ4n) is 2.68. The number of anilines is 2. The molecular formula is C13H19N7O2S2. The van der Waals surface area contributed by atoms with Crippen LogP contribution < -0.4 is 5.32 Å². The summed E-state index contributed by atoms with van der Waals surface area (Å²) >= 11 is 1.36. The van der Waals surface area contributed by atoms with Crippen LogP contribution in [-0.4, -0.2) is 57.8 Å². The highest BCUT2D eigenvalue weighted by atomic mass is 32.2. The largest absolute Gasteiger partial charge is 0.315 e. The lowest BCUT2D eigenvalue weighted by Crippen LogP contribution is -2.39. The van der Waals surface area contributed by atoms with Gasteiger partial charge in [0.2, 0.25) is 5.13 Å². The smallest absolute Gasteiger partial charge is 0.282 e. The molecule has 0 saturated carbocycles. The third kappa shape index (κ3) is 3.38. The molecule has 1 saturated heterocycles. The Morgan fingerprint density at radius 3 is 2.83 bits per heavy atom. The van der Waals surface area contributed by atoms with E-state index in [1.807, 2.05) is 0 Å². The van der Waals surface area contributed by atoms with Gasteiger partial charge in [-0.05, 0) is 19.8 Å². The molecule has 3 heterocycles. The van der Waals surface area contributed by atoms with Gasteiger partial charge in [0.05, 0.1) is 11.7 Å². The Hall–Kier alpha value is -1.69. The van der Waals surface area contributed by atoms with Crippen molar-refractivity contribution in [3.63, 3.8) is 0 Å². The fourth-order valence-corrected chi connectivity index (χ4v) is 4.45. The predicted octanol–water partition coefficient (Wildman–Crippen LogP) is 1.32. The minimum atomic E-state index is -3.48. The highest BCUT2D eigenvalue weighted by Gasteiger charge is 2.37. The van der Waals surface area contributed by atoms with Crippen molar-refractivity contribution in [1.82, 2.24) is 28.8 Å². The normalized spacial score (nSPS) is 19.1. The second-order valence-electron chi connectivity index (χ2n) is 5.65. The van der Waals surface area contributed by atoms with E-state index in [9.17, 15) is 8.42 Å². The van der Waals surface area contributed by atoms with Crippen LogP contribution in [0.4, 0.5) is 10.9 Å². The lowest BCUT2D eigenvalue weighted by molar-refractivity contribution is 0.357. The van der Waals surface area contributed by atoms with Gasteiger partial charge in [-0.3, -0.25) is 0 Å². The number of hydrogen-bond acceptors (Lipinski definition) is 8. The molecule has 0 unspecified atom stereocenters. The minimum absolute atomic E-state index is 0.283. The number of rotatable bonds is 5. The lowest BCUT2D eigenvalue weighted by Gasteiger charge is -2.26. The highest BCUT2D eigenvalue weighted by Crippen LogP contribution is 2.34. The number of aryl methyl sites for hydroxylation is 1. The van der Waals surface area contributed by atoms with Crippen LogP contribution in [0.25, 0.3) is 0 Å². The van der Waals surface area contributed by atoms with E-state index in [1.165, 1.54) is 19.9 Å². The zero-order valence-electron chi connectivity index (χ0n) is 13.7. The van der Waals surface area contributed by atoms with Crippen molar-refractivity contribution < 1.29 is 8.42 Å². The standard InChI is InChI=1S/C13H19N7O2S2/c1-9-15-10(7-12(16-9)17-13-18-14-8-23-13)11-5-4-6-20(11)24(21,22)19(2)3/h7-8,11H,4-6H2,1-3H3,(H,15,16,17,18)/t11-/m1/s1. The van der Waals surface area contributed by atoms with Gasteiger partial charge >= 0.3 is 0 Å². The zero-order valence-corrected chi connectivity index (χ0v) is 15.3. The lowest BCUT2D eigenvalue weighted by atomic mass is 10.1. The van der Waals surface area contributed by atoms with Gasteiger partial charge in [-0.1, -0.05) is 11.3 Å². The van der Waals surface area contributed by atoms with Crippen molar-refractivity contribution >= 4 is 32.5 Å². The van der Waals surface area contributed by atoms with E-state index in [2.05, 4.69) is 25.5 Å². The van der Waals surface area contributed by atoms with E-state index >= 15 is 0 Å². The van der Waals surface area contributed by atoms with Crippen LogP contribution in [0, 0.1) is 6.92 Å². The molecule has 0 aliphatic carbocycles. The molecule has 1 atom stereocenters. The summed E-state index contributed by atoms with van der Waals surface area (Å²) in [7, 11) is -0.404. The number of aromatic nitrogens is 4. The van der Waals surface area contributed by atoms with Crippen LogP contribution in [-0.2, 0) is 10.2 Å². The third-order valence-electron chi connectivity index (χ3n) is 3.76. The molecule has 1 aliphatic rings. The van der Waals surface area contributed by atoms with E-state index in [-0.39, 0.29) is 6.04 Å². The zero-order chi connectivity index (χ0) is 17.3. The molecule has 0 aromatic carbocycles. The molecule has 11 heteroatoms. The van der Waals surface area contributed by atoms with E-state index in [0.29, 0.717) is 29.0 Å². The number of nitrogens with one attached hydrogen (secondary N) is 1. The molecular weight excluding hydrogens is 350 g/mol. The maximum Gasteiger partial charge on any atom is 0.282 e. The van der Waals surface area contributed by atoms with Gasteiger partial charge in [0.15, 0.2) is 0 Å². The van der Waals surface area contributed by atoms with Crippen LogP contribution in [0.15, 0.2) is 11.6 Å². The van der Waals surface area contributed by atoms with Gasteiger partial charge in [-0.25, -0.2) is 9.97 Å². The summed E-state index contributed by atoms with van der Waals surface area (Å²) in [6.45, 7) is 2.28. The summed E-state index contributed by atoms with van der Waals surface area (Å²) in [6.07, 6.45) is 1.54. The second-order valence-corrected chi connectivity index (χ2v) is 8.58. The Balaban J connectivity index is 1.92. The van der Waals surface area contributed by atoms with Crippen molar-refractivity contribution in [2.24, 2.45) is 0 Å². The molecule has 1 fully saturated rings. The van der Waals surface area contributed by atoms with E-state index < -0.39 is 10.2 Å². The van der Waals surface area contributed by atoms with Crippen LogP contribution in [0.2, 0.25) is 0 Å². The van der Waals surface area contributed by atoms with Crippen LogP contribution >= 0.6 is 11.3 Å². The Labute approximate surface area is 144 Å². The first-order chi connectivity index (χ1) is 11.4. The van der Waals surface area contributed by atoms with E-state index in [0.717, 1.165) is 12.8 Å². The van der Waals surface area contributed by atoms with Gasteiger partial charge in [-0.2, -0.15) is 17.0 Å². The van der Waals surface area contributed by atoms with Gasteiger partial charge in [0.25, 0.3) is 10.2 Å². The molecule has 130 valence electrons. The third-order valence-corrected chi connectivity index (χ3v) is 6.31. The maximum absolute atomic E-state index is 12.5. The Morgan fingerprint density at radius 2 is 2.17 bits per heavy atom. The summed E-state index contributed by atoms with van der Waals surface area (Å²) in [4.78, 5) is 8.80. The molecule has 1 N–H and O–H groups in total. The molecule has 9 nitrogen and oxygen atoms in total. The molecule has 0 radical (unpaired) electrons. The summed E-state index contributed by atoms with van der Waals surface area (Å²) in [5.41, 5.74) is 2.32. The first-order valence-electron chi connectivity index (χ1n) is 7.46. The van der Waals surface area contributed by atoms with E-state index in [1.54, 1.807) is 32.6 Å². The predicted molar refractivity (Wildman–Crippen MR) is 91.2 cm³/mol. The van der Waals surface area contributed by atoms with Gasteiger partial charge in [0, 0.05) is 26.7 Å². The van der Waals surface area contributed by atoms with Crippen LogP contribution in [0.5, 0.6) is 0 Å². The van der Waals surface area contributed by atoms with Crippen LogP contribution in [0.3, 0.4) is 0 Å². The van der Waals surface area contributed by atoms with Gasteiger partial charge in [-0.15, -0.1) is 10.2 Å². The monoisotopic (exact) mass is 369 g/mol. The fraction of sp³-hybridized carbons (Fsp3) is 0.538. The number of hydrogen-bond donors (Lipinski definition) is 1. The van der Waals surface area contributed by atoms with Gasteiger partial charge < -0.3 is 5.32 Å². The molecule has 1 aliphatic heterocycles. The average molecular weight is 369 g/mol. The molecule has 0 spiro atoms. The van der Waals surface area contributed by atoms with Crippen molar-refractivity contribution in [1.29, 1.82) is 0 Å². The summed E-state index contributed by atoms with van der Waals surface area (Å²) in [5, 5.41) is 11.4. The highest BCUT2D eigenvalue weighted by molar-refractivity contribution is 7.86. The van der Waals surface area contributed by atoms with Gasteiger partial charge in [0.1, 0.15) is 17.2 Å². The Kier molecular flexibility index (Phi) is 4.76. The van der Waals surface area contributed by atoms with Crippen molar-refractivity contribution in [2.75, 3.05) is 26.0 Å². The Morgan fingerprint density at radius 1 is 1.38 bits per heavy atom. The minimum Gasteiger partial charge on any atom is -0.315 e. The summed E-state index contributed by atoms with van der Waals surface area (Å²) in [6, 6.07) is 1.50. The van der Waals surface area contributed by atoms with Crippen LogP contribution in [0.1, 0.15) is 30.4 Å². The van der Waals surface area contributed by atoms with Crippen molar-refractivity contribution in [2.45, 2.75) is 25.8 Å². The average Bonchev–Trinajstić information content (AvgIpc) is 3.17. The van der Waals surface area contributed by atoms with E-state index in [4.69, 9.17) is 0 Å². The first kappa shape index (κ1) is 17.1. The molecule has 3 rings (SSSR count). The number of nitrogens with zero attached hydrogens (tertiary/aromatic N) is 6.